The summed E-state index contributed by atoms with van der Waals surface area (Å²) in [4.78, 5) is 26.7. The molecule has 0 aliphatic heterocycles. The highest BCUT2D eigenvalue weighted by Gasteiger charge is 2.11. The van der Waals surface area contributed by atoms with E-state index in [0.717, 1.165) is 5.69 Å². The number of benzene rings is 1. The monoisotopic (exact) mass is 345 g/mol. The van der Waals surface area contributed by atoms with Gasteiger partial charge in [-0.1, -0.05) is 17.7 Å². The highest BCUT2D eigenvalue weighted by molar-refractivity contribution is 6.32. The Labute approximate surface area is 141 Å². The molecule has 2 heterocycles. The van der Waals surface area contributed by atoms with Crippen LogP contribution in [0.15, 0.2) is 47.3 Å². The molecule has 7 nitrogen and oxygen atoms in total. The number of fused-ring (bicyclic) bond motifs is 1. The van der Waals surface area contributed by atoms with Gasteiger partial charge < -0.3 is 4.74 Å². The number of hydrogen-bond donors (Lipinski definition) is 0. The normalized spacial score (nSPS) is 10.8. The Hall–Kier alpha value is -2.93. The van der Waals surface area contributed by atoms with Crippen molar-refractivity contribution in [2.45, 2.75) is 13.5 Å². The first-order valence-electron chi connectivity index (χ1n) is 7.01. The maximum atomic E-state index is 12.2. The Kier molecular flexibility index (Phi) is 4.18. The van der Waals surface area contributed by atoms with E-state index in [1.165, 1.54) is 28.7 Å². The van der Waals surface area contributed by atoms with E-state index in [2.05, 4.69) is 4.98 Å². The van der Waals surface area contributed by atoms with Crippen molar-refractivity contribution >= 4 is 22.9 Å². The zero-order valence-corrected chi connectivity index (χ0v) is 13.4. The van der Waals surface area contributed by atoms with Crippen LogP contribution in [0.3, 0.4) is 0 Å². The largest absolute Gasteiger partial charge is 0.486 e. The molecule has 2 aromatic heterocycles. The first-order valence-corrected chi connectivity index (χ1v) is 7.38. The van der Waals surface area contributed by atoms with Gasteiger partial charge in [-0.3, -0.25) is 19.3 Å². The molecule has 3 aromatic rings. The van der Waals surface area contributed by atoms with Gasteiger partial charge in [-0.15, -0.1) is 0 Å². The summed E-state index contributed by atoms with van der Waals surface area (Å²) >= 11 is 5.97. The molecular weight excluding hydrogens is 334 g/mol. The topological polar surface area (TPSA) is 86.7 Å². The average Bonchev–Trinajstić information content (AvgIpc) is 2.53. The molecule has 0 aliphatic rings. The standard InChI is InChI=1S/C16H12ClN3O4/c1-10-3-2-4-15-18-11(7-16(21)19(10)15)9-24-14-6-5-12(20(22)23)8-13(14)17/h2-8H,9H2,1H3. The minimum Gasteiger partial charge on any atom is -0.486 e. The molecule has 24 heavy (non-hydrogen) atoms. The number of nitrogens with zero attached hydrogens (tertiary/aromatic N) is 3. The summed E-state index contributed by atoms with van der Waals surface area (Å²) in [5.74, 6) is 0.286. The summed E-state index contributed by atoms with van der Waals surface area (Å²) in [6.45, 7) is 1.85. The van der Waals surface area contributed by atoms with E-state index >= 15 is 0 Å². The van der Waals surface area contributed by atoms with Gasteiger partial charge in [0.05, 0.1) is 15.6 Å². The van der Waals surface area contributed by atoms with Crippen LogP contribution in [0, 0.1) is 17.0 Å². The lowest BCUT2D eigenvalue weighted by atomic mass is 10.3. The van der Waals surface area contributed by atoms with E-state index < -0.39 is 4.92 Å². The summed E-state index contributed by atoms with van der Waals surface area (Å²) in [7, 11) is 0. The van der Waals surface area contributed by atoms with Crippen molar-refractivity contribution in [2.75, 3.05) is 0 Å². The third-order valence-corrected chi connectivity index (χ3v) is 3.73. The van der Waals surface area contributed by atoms with Crippen LogP contribution in [-0.4, -0.2) is 14.3 Å². The first kappa shape index (κ1) is 15.9. The first-order chi connectivity index (χ1) is 11.5. The number of aromatic nitrogens is 2. The van der Waals surface area contributed by atoms with E-state index in [-0.39, 0.29) is 28.6 Å². The number of nitro groups is 1. The number of non-ortho nitro benzene ring substituents is 1. The van der Waals surface area contributed by atoms with Crippen molar-refractivity contribution in [1.82, 2.24) is 9.38 Å². The third kappa shape index (κ3) is 3.07. The molecule has 0 saturated heterocycles. The summed E-state index contributed by atoms with van der Waals surface area (Å²) in [5, 5.41) is 10.8. The van der Waals surface area contributed by atoms with Crippen molar-refractivity contribution in [3.8, 4) is 5.75 Å². The van der Waals surface area contributed by atoms with E-state index in [4.69, 9.17) is 16.3 Å². The zero-order chi connectivity index (χ0) is 17.3. The SMILES string of the molecule is Cc1cccc2nc(COc3ccc([N+](=O)[O-])cc3Cl)cc(=O)n12. The number of pyridine rings is 1. The minimum absolute atomic E-state index is 0.0250. The molecule has 0 atom stereocenters. The van der Waals surface area contributed by atoms with Crippen LogP contribution in [0.2, 0.25) is 5.02 Å². The van der Waals surface area contributed by atoms with Crippen LogP contribution in [0.5, 0.6) is 5.75 Å². The Morgan fingerprint density at radius 1 is 1.29 bits per heavy atom. The fourth-order valence-corrected chi connectivity index (χ4v) is 2.54. The highest BCUT2D eigenvalue weighted by Crippen LogP contribution is 2.29. The van der Waals surface area contributed by atoms with Crippen LogP contribution < -0.4 is 10.3 Å². The molecule has 0 bridgehead atoms. The van der Waals surface area contributed by atoms with Crippen LogP contribution in [0.1, 0.15) is 11.4 Å². The van der Waals surface area contributed by atoms with Crippen molar-refractivity contribution in [3.63, 3.8) is 0 Å². The molecule has 0 spiro atoms. The van der Waals surface area contributed by atoms with Gasteiger partial charge in [-0.05, 0) is 25.1 Å². The van der Waals surface area contributed by atoms with Crippen molar-refractivity contribution in [3.05, 3.63) is 79.3 Å². The lowest BCUT2D eigenvalue weighted by Crippen LogP contribution is -2.18. The fourth-order valence-electron chi connectivity index (χ4n) is 2.31. The van der Waals surface area contributed by atoms with Crippen LogP contribution in [-0.2, 0) is 6.61 Å². The molecule has 1 aromatic carbocycles. The second-order valence-electron chi connectivity index (χ2n) is 5.11. The van der Waals surface area contributed by atoms with Crippen LogP contribution >= 0.6 is 11.6 Å². The second kappa shape index (κ2) is 6.29. The Morgan fingerprint density at radius 2 is 2.08 bits per heavy atom. The van der Waals surface area contributed by atoms with Crippen molar-refractivity contribution in [1.29, 1.82) is 0 Å². The predicted molar refractivity (Wildman–Crippen MR) is 88.6 cm³/mol. The number of aryl methyl sites for hydroxylation is 1. The molecule has 3 rings (SSSR count). The third-order valence-electron chi connectivity index (χ3n) is 3.43. The summed E-state index contributed by atoms with van der Waals surface area (Å²) in [6, 6.07) is 10.7. The summed E-state index contributed by atoms with van der Waals surface area (Å²) < 4.78 is 7.03. The van der Waals surface area contributed by atoms with Crippen LogP contribution in [0.25, 0.3) is 5.65 Å². The van der Waals surface area contributed by atoms with E-state index in [9.17, 15) is 14.9 Å². The maximum absolute atomic E-state index is 12.2. The van der Waals surface area contributed by atoms with E-state index in [1.54, 1.807) is 6.07 Å². The van der Waals surface area contributed by atoms with E-state index in [1.807, 2.05) is 19.1 Å². The van der Waals surface area contributed by atoms with Gasteiger partial charge in [0.15, 0.2) is 0 Å². The molecule has 0 radical (unpaired) electrons. The van der Waals surface area contributed by atoms with Crippen molar-refractivity contribution in [2.24, 2.45) is 0 Å². The van der Waals surface area contributed by atoms with E-state index in [0.29, 0.717) is 11.3 Å². The molecule has 122 valence electrons. The zero-order valence-electron chi connectivity index (χ0n) is 12.6. The van der Waals surface area contributed by atoms with Gasteiger partial charge in [-0.2, -0.15) is 0 Å². The van der Waals surface area contributed by atoms with Crippen molar-refractivity contribution < 1.29 is 9.66 Å². The molecule has 0 aliphatic carbocycles. The number of hydrogen-bond acceptors (Lipinski definition) is 5. The van der Waals surface area contributed by atoms with Gasteiger partial charge in [0, 0.05) is 23.9 Å². The van der Waals surface area contributed by atoms with Gasteiger partial charge in [-0.25, -0.2) is 4.98 Å². The number of nitro benzene ring substituents is 1. The average molecular weight is 346 g/mol. The fraction of sp³-hybridized carbons (Fsp3) is 0.125. The number of halogens is 1. The molecule has 0 fully saturated rings. The van der Waals surface area contributed by atoms with Gasteiger partial charge in [0.2, 0.25) is 0 Å². The minimum atomic E-state index is -0.538. The number of rotatable bonds is 4. The predicted octanol–water partition coefficient (Wildman–Crippen LogP) is 3.14. The Bertz CT molecular complexity index is 1000. The Balaban J connectivity index is 1.86. The quantitative estimate of drug-likeness (QED) is 0.535. The maximum Gasteiger partial charge on any atom is 0.271 e. The Morgan fingerprint density at radius 3 is 2.79 bits per heavy atom. The van der Waals surface area contributed by atoms with Crippen LogP contribution in [0.4, 0.5) is 5.69 Å². The lowest BCUT2D eigenvalue weighted by Gasteiger charge is -2.09. The molecule has 0 saturated carbocycles. The number of ether oxygens (including phenoxy) is 1. The molecule has 0 amide bonds. The second-order valence-corrected chi connectivity index (χ2v) is 5.51. The highest BCUT2D eigenvalue weighted by atomic mass is 35.5. The summed E-state index contributed by atoms with van der Waals surface area (Å²) in [5.41, 5.74) is 1.43. The van der Waals surface area contributed by atoms with Gasteiger partial charge >= 0.3 is 0 Å². The summed E-state index contributed by atoms with van der Waals surface area (Å²) in [6.07, 6.45) is 0. The lowest BCUT2D eigenvalue weighted by molar-refractivity contribution is -0.384. The smallest absolute Gasteiger partial charge is 0.271 e. The van der Waals surface area contributed by atoms with Gasteiger partial charge in [0.1, 0.15) is 18.0 Å². The molecule has 0 N–H and O–H groups in total. The molecular formula is C16H12ClN3O4. The molecule has 0 unspecified atom stereocenters. The molecule has 8 heteroatoms. The van der Waals surface area contributed by atoms with Gasteiger partial charge in [0.25, 0.3) is 11.2 Å².